The molecule has 2 nitrogen and oxygen atoms in total. The molecule has 58 valence electrons. The molecule has 2 N–H and O–H groups in total. The van der Waals surface area contributed by atoms with Gasteiger partial charge in [-0.1, -0.05) is 13.5 Å². The van der Waals surface area contributed by atoms with Crippen molar-refractivity contribution in [2.24, 2.45) is 11.7 Å². The summed E-state index contributed by atoms with van der Waals surface area (Å²) in [4.78, 5) is 10.7. The lowest BCUT2D eigenvalue weighted by molar-refractivity contribution is -0.114. The first-order chi connectivity index (χ1) is 4.70. The number of rotatable bonds is 5. The third-order valence-corrected chi connectivity index (χ3v) is 1.51. The van der Waals surface area contributed by atoms with Crippen LogP contribution in [0.3, 0.4) is 0 Å². The van der Waals surface area contributed by atoms with Crippen LogP contribution in [0.4, 0.5) is 0 Å². The average molecular weight is 141 g/mol. The van der Waals surface area contributed by atoms with Gasteiger partial charge in [-0.3, -0.25) is 4.79 Å². The zero-order chi connectivity index (χ0) is 7.98. The van der Waals surface area contributed by atoms with Crippen LogP contribution in [-0.4, -0.2) is 12.3 Å². The van der Waals surface area contributed by atoms with Gasteiger partial charge in [-0.15, -0.1) is 0 Å². The molecule has 0 amide bonds. The van der Waals surface area contributed by atoms with Gasteiger partial charge in [0, 0.05) is 6.42 Å². The summed E-state index contributed by atoms with van der Waals surface area (Å²) in [6, 6.07) is 0. The van der Waals surface area contributed by atoms with Gasteiger partial charge in [-0.25, -0.2) is 0 Å². The van der Waals surface area contributed by atoms with E-state index >= 15 is 0 Å². The van der Waals surface area contributed by atoms with Gasteiger partial charge >= 0.3 is 0 Å². The van der Waals surface area contributed by atoms with E-state index in [-0.39, 0.29) is 5.78 Å². The van der Waals surface area contributed by atoms with E-state index in [1.807, 2.05) is 6.92 Å². The Bertz CT molecular complexity index is 120. The first kappa shape index (κ1) is 9.37. The Morgan fingerprint density at radius 3 is 2.80 bits per heavy atom. The van der Waals surface area contributed by atoms with Crippen molar-refractivity contribution >= 4 is 5.78 Å². The van der Waals surface area contributed by atoms with Crippen molar-refractivity contribution in [3.05, 3.63) is 12.7 Å². The van der Waals surface area contributed by atoms with Gasteiger partial charge in [0.2, 0.25) is 0 Å². The van der Waals surface area contributed by atoms with E-state index in [2.05, 4.69) is 6.58 Å². The molecule has 0 aromatic rings. The summed E-state index contributed by atoms with van der Waals surface area (Å²) in [6.45, 7) is 6.08. The summed E-state index contributed by atoms with van der Waals surface area (Å²) < 4.78 is 0. The van der Waals surface area contributed by atoms with Crippen molar-refractivity contribution < 1.29 is 4.79 Å². The lowest BCUT2D eigenvalue weighted by Gasteiger charge is -2.04. The molecule has 0 aliphatic rings. The van der Waals surface area contributed by atoms with E-state index in [1.165, 1.54) is 6.08 Å². The summed E-state index contributed by atoms with van der Waals surface area (Å²) in [6.07, 6.45) is 2.83. The topological polar surface area (TPSA) is 43.1 Å². The Morgan fingerprint density at radius 2 is 2.40 bits per heavy atom. The van der Waals surface area contributed by atoms with Crippen LogP contribution < -0.4 is 5.73 Å². The Kier molecular flexibility index (Phi) is 4.85. The van der Waals surface area contributed by atoms with Gasteiger partial charge in [0.05, 0.1) is 0 Å². The average Bonchev–Trinajstić information content (AvgIpc) is 1.99. The third-order valence-electron chi connectivity index (χ3n) is 1.51. The second-order valence-corrected chi connectivity index (χ2v) is 2.55. The Hall–Kier alpha value is -0.630. The summed E-state index contributed by atoms with van der Waals surface area (Å²) in [7, 11) is 0. The van der Waals surface area contributed by atoms with Crippen LogP contribution in [0.5, 0.6) is 0 Å². The molecule has 0 rings (SSSR count). The second kappa shape index (κ2) is 5.18. The molecule has 0 fully saturated rings. The molecule has 0 aliphatic heterocycles. The molecular formula is C8H15NO. The highest BCUT2D eigenvalue weighted by Gasteiger charge is 2.01. The van der Waals surface area contributed by atoms with Gasteiger partial charge < -0.3 is 5.73 Å². The van der Waals surface area contributed by atoms with Crippen molar-refractivity contribution in [1.29, 1.82) is 0 Å². The molecule has 0 radical (unpaired) electrons. The Balaban J connectivity index is 3.34. The van der Waals surface area contributed by atoms with E-state index < -0.39 is 0 Å². The van der Waals surface area contributed by atoms with E-state index in [4.69, 9.17) is 5.73 Å². The maximum absolute atomic E-state index is 10.7. The van der Waals surface area contributed by atoms with Crippen LogP contribution in [0.15, 0.2) is 12.7 Å². The molecule has 0 heterocycles. The summed E-state index contributed by atoms with van der Waals surface area (Å²) in [5.74, 6) is 0.559. The lowest BCUT2D eigenvalue weighted by atomic mass is 10.0. The molecule has 0 aromatic heterocycles. The monoisotopic (exact) mass is 141 g/mol. The van der Waals surface area contributed by atoms with E-state index in [0.29, 0.717) is 18.9 Å². The zero-order valence-electron chi connectivity index (χ0n) is 6.47. The summed E-state index contributed by atoms with van der Waals surface area (Å²) >= 11 is 0. The van der Waals surface area contributed by atoms with Gasteiger partial charge in [-0.2, -0.15) is 0 Å². The molecule has 1 unspecified atom stereocenters. The van der Waals surface area contributed by atoms with Crippen LogP contribution in [0, 0.1) is 5.92 Å². The predicted octanol–water partition coefficient (Wildman–Crippen LogP) is 1.12. The molecule has 0 aromatic carbocycles. The Morgan fingerprint density at radius 1 is 1.80 bits per heavy atom. The highest BCUT2D eigenvalue weighted by molar-refractivity contribution is 5.88. The van der Waals surface area contributed by atoms with Crippen LogP contribution in [0.2, 0.25) is 0 Å². The molecule has 0 spiro atoms. The van der Waals surface area contributed by atoms with Crippen LogP contribution in [-0.2, 0) is 4.79 Å². The van der Waals surface area contributed by atoms with Crippen molar-refractivity contribution in [3.8, 4) is 0 Å². The van der Waals surface area contributed by atoms with Gasteiger partial charge in [0.25, 0.3) is 0 Å². The lowest BCUT2D eigenvalue weighted by Crippen LogP contribution is -2.11. The van der Waals surface area contributed by atoms with Crippen LogP contribution in [0.1, 0.15) is 19.8 Å². The van der Waals surface area contributed by atoms with Crippen LogP contribution >= 0.6 is 0 Å². The number of nitrogens with two attached hydrogens (primary N) is 1. The van der Waals surface area contributed by atoms with E-state index in [1.54, 1.807) is 0 Å². The van der Waals surface area contributed by atoms with Crippen molar-refractivity contribution in [2.75, 3.05) is 6.54 Å². The van der Waals surface area contributed by atoms with Gasteiger partial charge in [0.1, 0.15) is 0 Å². The Labute approximate surface area is 62.1 Å². The maximum Gasteiger partial charge on any atom is 0.155 e. The largest absolute Gasteiger partial charge is 0.330 e. The smallest absolute Gasteiger partial charge is 0.155 e. The number of carbonyl (C=O) groups excluding carboxylic acids is 1. The molecule has 10 heavy (non-hydrogen) atoms. The zero-order valence-corrected chi connectivity index (χ0v) is 6.47. The van der Waals surface area contributed by atoms with E-state index in [0.717, 1.165) is 6.42 Å². The fourth-order valence-corrected chi connectivity index (χ4v) is 0.609. The maximum atomic E-state index is 10.7. The normalized spacial score (nSPS) is 12.6. The first-order valence-corrected chi connectivity index (χ1v) is 3.56. The van der Waals surface area contributed by atoms with Crippen molar-refractivity contribution in [1.82, 2.24) is 0 Å². The summed E-state index contributed by atoms with van der Waals surface area (Å²) in [5, 5.41) is 0. The second-order valence-electron chi connectivity index (χ2n) is 2.55. The number of hydrogen-bond acceptors (Lipinski definition) is 2. The molecule has 0 saturated heterocycles. The minimum absolute atomic E-state index is 0.111. The molecule has 0 bridgehead atoms. The molecule has 1 atom stereocenters. The number of allylic oxidation sites excluding steroid dienone is 1. The van der Waals surface area contributed by atoms with Gasteiger partial charge in [-0.05, 0) is 25.0 Å². The minimum Gasteiger partial charge on any atom is -0.330 e. The third kappa shape index (κ3) is 4.27. The quantitative estimate of drug-likeness (QED) is 0.583. The first-order valence-electron chi connectivity index (χ1n) is 3.56. The number of carbonyl (C=O) groups is 1. The fourth-order valence-electron chi connectivity index (χ4n) is 0.609. The van der Waals surface area contributed by atoms with E-state index in [9.17, 15) is 4.79 Å². The number of ketones is 1. The molecular weight excluding hydrogens is 126 g/mol. The standard InChI is InChI=1S/C8H15NO/c1-3-8(10)5-4-7(2)6-9/h3,7H,1,4-6,9H2,2H3. The van der Waals surface area contributed by atoms with Crippen LogP contribution in [0.25, 0.3) is 0 Å². The molecule has 2 heteroatoms. The number of hydrogen-bond donors (Lipinski definition) is 1. The molecule has 0 aliphatic carbocycles. The predicted molar refractivity (Wildman–Crippen MR) is 42.7 cm³/mol. The minimum atomic E-state index is 0.111. The van der Waals surface area contributed by atoms with Gasteiger partial charge in [0.15, 0.2) is 5.78 Å². The summed E-state index contributed by atoms with van der Waals surface area (Å²) in [5.41, 5.74) is 5.36. The van der Waals surface area contributed by atoms with Crippen molar-refractivity contribution in [2.45, 2.75) is 19.8 Å². The van der Waals surface area contributed by atoms with Crippen molar-refractivity contribution in [3.63, 3.8) is 0 Å². The highest BCUT2D eigenvalue weighted by atomic mass is 16.1. The molecule has 0 saturated carbocycles. The SMILES string of the molecule is C=CC(=O)CCC(C)CN. The highest BCUT2D eigenvalue weighted by Crippen LogP contribution is 2.03. The fraction of sp³-hybridized carbons (Fsp3) is 0.625.